The molecule has 452 valence electrons. The van der Waals surface area contributed by atoms with Gasteiger partial charge in [-0.2, -0.15) is 26.4 Å². The molecule has 8 N–H and O–H groups in total. The maximum absolute atomic E-state index is 13.5. The number of nitrogens with two attached hydrogens (primary N) is 1. The minimum Gasteiger partial charge on any atom is -0.480 e. The molecule has 4 aromatic carbocycles. The van der Waals surface area contributed by atoms with Crippen LogP contribution in [0.1, 0.15) is 130 Å². The highest BCUT2D eigenvalue weighted by molar-refractivity contribution is 7.85. The van der Waals surface area contributed by atoms with Crippen molar-refractivity contribution >= 4 is 72.0 Å². The Bertz CT molecular complexity index is 4060. The van der Waals surface area contributed by atoms with Gasteiger partial charge in [0.2, 0.25) is 11.6 Å². The highest BCUT2D eigenvalue weighted by atomic mass is 32.2. The molecule has 1 aliphatic carbocycles. The summed E-state index contributed by atoms with van der Waals surface area (Å²) in [6.45, 7) is 14.3. The summed E-state index contributed by atoms with van der Waals surface area (Å²) in [6, 6.07) is 24.3. The summed E-state index contributed by atoms with van der Waals surface area (Å²) in [5, 5.41) is 16.2. The van der Waals surface area contributed by atoms with E-state index in [0.717, 1.165) is 82.8 Å². The lowest BCUT2D eigenvalue weighted by molar-refractivity contribution is -0.438. The molecule has 2 aliphatic heterocycles. The first-order valence-corrected chi connectivity index (χ1v) is 32.1. The summed E-state index contributed by atoms with van der Waals surface area (Å²) < 4.78 is 76.0. The van der Waals surface area contributed by atoms with Gasteiger partial charge in [-0.3, -0.25) is 23.7 Å². The lowest BCUT2D eigenvalue weighted by Crippen LogP contribution is -2.42. The number of nitrogens with zero attached hydrogens (tertiary/aromatic N) is 5. The van der Waals surface area contributed by atoms with Gasteiger partial charge < -0.3 is 31.1 Å². The average Bonchev–Trinajstić information content (AvgIpc) is 1.78. The van der Waals surface area contributed by atoms with Crippen molar-refractivity contribution in [2.75, 3.05) is 34.8 Å². The molecule has 0 fully saturated rings. The van der Waals surface area contributed by atoms with Gasteiger partial charge in [0.1, 0.15) is 29.8 Å². The number of aromatic nitrogens is 4. The van der Waals surface area contributed by atoms with E-state index < -0.39 is 60.3 Å². The van der Waals surface area contributed by atoms with Crippen LogP contribution in [0.4, 0.5) is 23.0 Å². The average molecular weight is 1220 g/mol. The SMILES string of the molecule is CCCCC[N+]1=C(/C=C/C2=C(O[13c]3[13cH][13cH][13c]([13CH2][13C@H](NC(=O)c4ccc(NCc5cnc6nc(N)[nH]c(=O)c6n5)cc4)[13C](=O)O)[13cH][13cH]3)C(=C/C=C3/N(CCCCS(=O)(=O)O)c4ccc(C)cc4C3(C)C)/CCC2)C(C)(C)c2cc(CS(=O)(=O)O)ccc21. The van der Waals surface area contributed by atoms with Crippen molar-refractivity contribution < 1.29 is 49.9 Å². The lowest BCUT2D eigenvalue weighted by Gasteiger charge is -2.27. The number of aliphatic carboxylic acids is 1. The predicted molar refractivity (Wildman–Crippen MR) is 333 cm³/mol. The molecular formula is C64H74N9O11S2+. The maximum atomic E-state index is 13.5. The number of allylic oxidation sites excluding steroid dienone is 7. The van der Waals surface area contributed by atoms with Gasteiger partial charge in [0.25, 0.3) is 31.7 Å². The van der Waals surface area contributed by atoms with Gasteiger partial charge in [0.05, 0.1) is 29.6 Å². The Morgan fingerprint density at radius 1 is 0.860 bits per heavy atom. The van der Waals surface area contributed by atoms with Crippen molar-refractivity contribution in [1.29, 1.82) is 0 Å². The first-order chi connectivity index (χ1) is 40.8. The second-order valence-corrected chi connectivity index (χ2v) is 26.3. The summed E-state index contributed by atoms with van der Waals surface area (Å²) in [5.74, 6) is -1.53. The molecule has 0 saturated heterocycles. The number of rotatable bonds is 24. The number of nitrogen functional groups attached to an aromatic ring is 1. The van der Waals surface area contributed by atoms with Crippen LogP contribution in [-0.4, -0.2) is 98.0 Å². The Morgan fingerprint density at radius 3 is 2.31 bits per heavy atom. The van der Waals surface area contributed by atoms with E-state index in [4.69, 9.17) is 10.5 Å². The second-order valence-electron chi connectivity index (χ2n) is 23.3. The Hall–Kier alpha value is -8.31. The van der Waals surface area contributed by atoms with Crippen LogP contribution in [0.15, 0.2) is 143 Å². The molecular weight excluding hydrogens is 1140 g/mol. The highest BCUT2D eigenvalue weighted by Crippen LogP contribution is 2.49. The maximum Gasteiger partial charge on any atom is 0.326 e. The van der Waals surface area contributed by atoms with Crippen LogP contribution in [0.25, 0.3) is 11.2 Å². The summed E-state index contributed by atoms with van der Waals surface area (Å²) in [4.78, 5) is 55.7. The van der Waals surface area contributed by atoms with Crippen LogP contribution in [0.3, 0.4) is 0 Å². The number of carboxylic acid groups (broad SMARTS) is 1. The molecule has 2 aromatic heterocycles. The summed E-state index contributed by atoms with van der Waals surface area (Å²) in [7, 11) is -8.39. The predicted octanol–water partition coefficient (Wildman–Crippen LogP) is 9.95. The van der Waals surface area contributed by atoms with Crippen molar-refractivity contribution in [3.8, 4) is 5.75 Å². The van der Waals surface area contributed by atoms with E-state index >= 15 is 0 Å². The fourth-order valence-corrected chi connectivity index (χ4v) is 12.7. The van der Waals surface area contributed by atoms with Crippen LogP contribution >= 0.6 is 0 Å². The molecule has 9 rings (SSSR count). The Kier molecular flexibility index (Phi) is 18.6. The van der Waals surface area contributed by atoms with Crippen molar-refractivity contribution in [2.45, 2.75) is 128 Å². The molecule has 4 heterocycles. The van der Waals surface area contributed by atoms with Crippen molar-refractivity contribution in [2.24, 2.45) is 0 Å². The molecule has 1 amide bonds. The lowest BCUT2D eigenvalue weighted by atomic mass is 9.80. The number of unbranched alkanes of at least 4 members (excludes halogenated alkanes) is 3. The monoisotopic (exact) mass is 1220 g/mol. The van der Waals surface area contributed by atoms with E-state index in [1.165, 1.54) is 6.20 Å². The van der Waals surface area contributed by atoms with Crippen LogP contribution in [0, 0.1) is 6.92 Å². The largest absolute Gasteiger partial charge is 0.480 e. The van der Waals surface area contributed by atoms with Crippen LogP contribution in [0.2, 0.25) is 0 Å². The number of anilines is 3. The molecule has 6 aromatic rings. The van der Waals surface area contributed by atoms with Gasteiger partial charge in [0.15, 0.2) is 16.9 Å². The third kappa shape index (κ3) is 14.7. The van der Waals surface area contributed by atoms with Gasteiger partial charge in [0, 0.05) is 65.1 Å². The number of nitrogens with one attached hydrogen (secondary N) is 3. The molecule has 0 bridgehead atoms. The standard InChI is InChI=1S/C64H73N9O11S2/c1-7-8-9-31-72-53-28-18-42(39-86(81,82)83)35-50(53)64(5,6)55(72)30-22-44-14-12-13-43(21-29-54-63(3,4)49-34-40(2)15-27-52(49)73(54)32-10-11-33-85(78,79)80)57(44)84-48-25-16-41(17-26-48)36-51(61(76)77)69-59(74)45-19-23-46(24-20-45)66-37-47-38-67-58-56(68-47)60(75)71-62(65)70-58/h15-30,34-35,38,51H,7-14,31-33,36-37,39H2,1-6H3,(H7-,65,66,67,69,70,71,74,75,76,77,78,79,80,81,82,83)/p+1/t51-/m0/s1/i16+1,17+1,25+1,26+1,36+1,41+1,48+1,51+1,61+1. The number of carboxylic acids is 1. The number of carbonyl (C=O) groups is 2. The Morgan fingerprint density at radius 2 is 1.60 bits per heavy atom. The topological polar surface area (TPSA) is 300 Å². The Labute approximate surface area is 501 Å². The van der Waals surface area contributed by atoms with Gasteiger partial charge in [-0.15, -0.1) is 0 Å². The summed E-state index contributed by atoms with van der Waals surface area (Å²) in [5.41, 5.74) is 15.9. The fourth-order valence-electron chi connectivity index (χ4n) is 11.6. The fraction of sp³-hybridized carbons (Fsp3) is 0.359. The van der Waals surface area contributed by atoms with Gasteiger partial charge in [-0.25, -0.2) is 14.8 Å². The quantitative estimate of drug-likeness (QED) is 0.0128. The van der Waals surface area contributed by atoms with Crippen molar-refractivity contribution in [3.05, 3.63) is 187 Å². The van der Waals surface area contributed by atoms with Gasteiger partial charge in [-0.1, -0.05) is 69.2 Å². The molecule has 0 saturated carbocycles. The van der Waals surface area contributed by atoms with Crippen LogP contribution in [0.5, 0.6) is 5.75 Å². The number of amides is 1. The number of benzene rings is 4. The summed E-state index contributed by atoms with van der Waals surface area (Å²) in [6.07, 6.45) is 15.9. The van der Waals surface area contributed by atoms with Crippen LogP contribution in [-0.2, 0) is 54.6 Å². The van der Waals surface area contributed by atoms with E-state index in [1.54, 1.807) is 54.6 Å². The van der Waals surface area contributed by atoms with Crippen LogP contribution < -0.4 is 31.6 Å². The van der Waals surface area contributed by atoms with Gasteiger partial charge >= 0.3 is 5.97 Å². The van der Waals surface area contributed by atoms with E-state index in [9.17, 15) is 45.4 Å². The highest BCUT2D eigenvalue weighted by Gasteiger charge is 2.45. The van der Waals surface area contributed by atoms with Crippen molar-refractivity contribution in [3.63, 3.8) is 0 Å². The molecule has 3 aliphatic rings. The molecule has 20 nitrogen and oxygen atoms in total. The number of hydrogen-bond acceptors (Lipinski definition) is 14. The summed E-state index contributed by atoms with van der Waals surface area (Å²) >= 11 is 0. The third-order valence-corrected chi connectivity index (χ3v) is 17.5. The molecule has 86 heavy (non-hydrogen) atoms. The number of aromatic amines is 1. The first-order valence-electron chi connectivity index (χ1n) is 28.8. The molecule has 0 spiro atoms. The number of ether oxygens (including phenoxy) is 1. The minimum atomic E-state index is -4.27. The first kappa shape index (κ1) is 62.2. The normalized spacial score (nSPS) is 17.0. The molecule has 1 atom stereocenters. The Balaban J connectivity index is 0.994. The van der Waals surface area contributed by atoms with E-state index in [-0.39, 0.29) is 47.8 Å². The zero-order chi connectivity index (χ0) is 61.7. The number of fused-ring (bicyclic) bond motifs is 3. The number of H-pyrrole nitrogens is 1. The smallest absolute Gasteiger partial charge is 0.326 e. The molecule has 22 heteroatoms. The number of carbonyl (C=O) groups excluding carboxylic acids is 1. The van der Waals surface area contributed by atoms with E-state index in [1.807, 2.05) is 12.1 Å². The third-order valence-electron chi connectivity index (χ3n) is 16.0. The van der Waals surface area contributed by atoms with E-state index in [0.29, 0.717) is 59.8 Å². The van der Waals surface area contributed by atoms with E-state index in [2.05, 4.69) is 124 Å². The zero-order valence-electron chi connectivity index (χ0n) is 49.2. The van der Waals surface area contributed by atoms with Gasteiger partial charge in [-0.05, 0) is 148 Å². The minimum absolute atomic E-state index is 0.0268. The molecule has 0 radical (unpaired) electrons. The zero-order valence-corrected chi connectivity index (χ0v) is 50.8. The number of aryl methyl sites for hydroxylation is 1. The second kappa shape index (κ2) is 25.7. The molecule has 0 unspecified atom stereocenters. The number of hydrogen-bond donors (Lipinski definition) is 7. The van der Waals surface area contributed by atoms with Crippen molar-refractivity contribution in [1.82, 2.24) is 25.3 Å².